The highest BCUT2D eigenvalue weighted by atomic mass is 32.2. The summed E-state index contributed by atoms with van der Waals surface area (Å²) in [5.74, 6) is -3.73. The van der Waals surface area contributed by atoms with Crippen molar-refractivity contribution in [2.45, 2.75) is 24.4 Å². The van der Waals surface area contributed by atoms with E-state index in [9.17, 15) is 33.9 Å². The van der Waals surface area contributed by atoms with Crippen molar-refractivity contribution in [3.63, 3.8) is 0 Å². The standard InChI is InChI=1S/C25H21N9O7S3/c1-9-31-33-21(44-9)17(42)13-8-43-23-15(22(38)34(23)16(13)24(39)40)30-20(37)14(10-3-2-4-11(7-10)28-25(26)41)29-18(35)12-5-6-27-32-19(12)36/h2-7,14-15,23H,8H2,1H3,(H,29,35)(H,30,37)(H,32,36)(H,39,40)(H3,26,28,41)/t14?,15?,23-/m0/s1. The number of primary amides is 1. The van der Waals surface area contributed by atoms with Crippen molar-refractivity contribution >= 4 is 75.6 Å². The third kappa shape index (κ3) is 5.92. The number of hydrogen-bond donors (Lipinski definition) is 6. The summed E-state index contributed by atoms with van der Waals surface area (Å²) in [6, 6.07) is 3.52. The molecule has 19 heteroatoms. The van der Waals surface area contributed by atoms with E-state index in [1.54, 1.807) is 6.92 Å². The Morgan fingerprint density at radius 1 is 1.20 bits per heavy atom. The number of nitrogens with one attached hydrogen (secondary N) is 4. The van der Waals surface area contributed by atoms with Gasteiger partial charge in [0.15, 0.2) is 5.01 Å². The number of β-lactam (4-membered cyclic amide) rings is 1. The van der Waals surface area contributed by atoms with Crippen molar-refractivity contribution in [2.24, 2.45) is 5.73 Å². The number of carbonyl (C=O) groups is 5. The number of carboxylic acid groups (broad SMARTS) is 1. The van der Waals surface area contributed by atoms with E-state index >= 15 is 0 Å². The molecule has 3 aromatic rings. The molecular formula is C25H21N9O7S3. The molecule has 3 atom stereocenters. The van der Waals surface area contributed by atoms with Crippen LogP contribution in [-0.2, 0) is 14.4 Å². The van der Waals surface area contributed by atoms with E-state index in [-0.39, 0.29) is 38.7 Å². The number of thiocarbonyl (C=S) groups is 1. The SMILES string of the molecule is Cc1nnc(C(=S)C2=C(C(=O)O)N3C(=O)C(NC(=O)C(NC(=O)c4ccn[nH]c4=O)c4cccc(NC(N)=O)c4)[C@@H]3SC2)s1. The van der Waals surface area contributed by atoms with E-state index in [2.05, 4.69) is 36.3 Å². The number of aryl methyl sites for hydroxylation is 1. The van der Waals surface area contributed by atoms with E-state index in [1.165, 1.54) is 53.6 Å². The van der Waals surface area contributed by atoms with Gasteiger partial charge in [-0.25, -0.2) is 14.7 Å². The Bertz CT molecular complexity index is 1820. The first kappa shape index (κ1) is 30.4. The number of aromatic amines is 1. The topological polar surface area (TPSA) is 242 Å². The predicted molar refractivity (Wildman–Crippen MR) is 161 cm³/mol. The van der Waals surface area contributed by atoms with Crippen molar-refractivity contribution in [3.05, 3.63) is 79.3 Å². The Hall–Kier alpha value is -5.01. The predicted octanol–water partition coefficient (Wildman–Crippen LogP) is 0.0483. The third-order valence-electron chi connectivity index (χ3n) is 6.46. The number of hydrogen-bond acceptors (Lipinski definition) is 12. The van der Waals surface area contributed by atoms with Crippen LogP contribution in [-0.4, -0.2) is 82.2 Å². The Balaban J connectivity index is 1.41. The summed E-state index contributed by atoms with van der Waals surface area (Å²) in [4.78, 5) is 77.0. The second kappa shape index (κ2) is 12.3. The largest absolute Gasteiger partial charge is 0.477 e. The molecule has 2 aliphatic rings. The summed E-state index contributed by atoms with van der Waals surface area (Å²) in [7, 11) is 0. The number of fused-ring (bicyclic) bond motifs is 1. The first-order valence-corrected chi connectivity index (χ1v) is 14.8. The Labute approximate surface area is 260 Å². The molecule has 0 radical (unpaired) electrons. The molecule has 16 nitrogen and oxygen atoms in total. The number of anilines is 1. The second-order valence-corrected chi connectivity index (χ2v) is 12.0. The normalized spacial score (nSPS) is 18.0. The van der Waals surface area contributed by atoms with Crippen LogP contribution in [0, 0.1) is 6.92 Å². The minimum Gasteiger partial charge on any atom is -0.477 e. The molecule has 2 aromatic heterocycles. The maximum Gasteiger partial charge on any atom is 0.353 e. The van der Waals surface area contributed by atoms with Crippen molar-refractivity contribution < 1.29 is 29.1 Å². The quantitative estimate of drug-likeness (QED) is 0.102. The monoisotopic (exact) mass is 655 g/mol. The second-order valence-electron chi connectivity index (χ2n) is 9.30. The first-order valence-electron chi connectivity index (χ1n) is 12.5. The fourth-order valence-electron chi connectivity index (χ4n) is 4.52. The van der Waals surface area contributed by atoms with Gasteiger partial charge in [0.05, 0.1) is 4.86 Å². The molecule has 7 N–H and O–H groups in total. The minimum atomic E-state index is -1.46. The third-order valence-corrected chi connectivity index (χ3v) is 9.16. The lowest BCUT2D eigenvalue weighted by molar-refractivity contribution is -0.150. The summed E-state index contributed by atoms with van der Waals surface area (Å²) in [6.07, 6.45) is 1.18. The number of nitrogens with zero attached hydrogens (tertiary/aromatic N) is 4. The van der Waals surface area contributed by atoms with Crippen LogP contribution < -0.4 is 27.2 Å². The lowest BCUT2D eigenvalue weighted by Gasteiger charge is -2.49. The number of aliphatic carboxylic acids is 1. The summed E-state index contributed by atoms with van der Waals surface area (Å²) in [6.45, 7) is 1.73. The molecule has 0 aliphatic carbocycles. The number of urea groups is 1. The van der Waals surface area contributed by atoms with Crippen LogP contribution in [0.25, 0.3) is 0 Å². The zero-order chi connectivity index (χ0) is 31.7. The molecule has 44 heavy (non-hydrogen) atoms. The van der Waals surface area contributed by atoms with Crippen LogP contribution in [0.4, 0.5) is 10.5 Å². The number of benzene rings is 1. The van der Waals surface area contributed by atoms with Gasteiger partial charge in [0, 0.05) is 23.2 Å². The molecule has 1 saturated heterocycles. The van der Waals surface area contributed by atoms with Gasteiger partial charge in [0.2, 0.25) is 5.91 Å². The molecular weight excluding hydrogens is 635 g/mol. The number of carbonyl (C=O) groups excluding carboxylic acids is 4. The Kier molecular flexibility index (Phi) is 8.52. The van der Waals surface area contributed by atoms with Crippen LogP contribution in [0.5, 0.6) is 0 Å². The Morgan fingerprint density at radius 3 is 2.64 bits per heavy atom. The highest BCUT2D eigenvalue weighted by molar-refractivity contribution is 8.00. The number of H-pyrrole nitrogens is 1. The molecule has 4 heterocycles. The molecule has 1 aromatic carbocycles. The maximum atomic E-state index is 13.6. The molecule has 2 unspecified atom stereocenters. The molecule has 1 fully saturated rings. The number of rotatable bonds is 9. The summed E-state index contributed by atoms with van der Waals surface area (Å²) < 4.78 is 0. The number of carboxylic acids is 1. The minimum absolute atomic E-state index is 0.117. The Morgan fingerprint density at radius 2 is 1.98 bits per heavy atom. The highest BCUT2D eigenvalue weighted by Crippen LogP contribution is 2.41. The van der Waals surface area contributed by atoms with Crippen molar-refractivity contribution in [3.8, 4) is 0 Å². The summed E-state index contributed by atoms with van der Waals surface area (Å²) >= 11 is 7.87. The summed E-state index contributed by atoms with van der Waals surface area (Å²) in [5.41, 5.74) is 4.38. The molecule has 5 rings (SSSR count). The van der Waals surface area contributed by atoms with Gasteiger partial charge in [-0.15, -0.1) is 22.0 Å². The van der Waals surface area contributed by atoms with Crippen LogP contribution in [0.1, 0.15) is 32.0 Å². The van der Waals surface area contributed by atoms with Gasteiger partial charge >= 0.3 is 12.0 Å². The van der Waals surface area contributed by atoms with E-state index in [4.69, 9.17) is 18.0 Å². The van der Waals surface area contributed by atoms with E-state index < -0.39 is 52.7 Å². The molecule has 2 aliphatic heterocycles. The molecule has 0 saturated carbocycles. The van der Waals surface area contributed by atoms with Crippen LogP contribution >= 0.6 is 35.3 Å². The van der Waals surface area contributed by atoms with Gasteiger partial charge in [-0.05, 0) is 30.7 Å². The maximum absolute atomic E-state index is 13.6. The zero-order valence-electron chi connectivity index (χ0n) is 22.4. The summed E-state index contributed by atoms with van der Waals surface area (Å²) in [5, 5.41) is 31.2. The van der Waals surface area contributed by atoms with Gasteiger partial charge in [-0.2, -0.15) is 5.10 Å². The fraction of sp³-hybridized carbons (Fsp3) is 0.200. The van der Waals surface area contributed by atoms with Crippen LogP contribution in [0.15, 0.2) is 52.6 Å². The molecule has 0 bridgehead atoms. The molecule has 226 valence electrons. The average Bonchev–Trinajstić information content (AvgIpc) is 3.43. The molecule has 0 spiro atoms. The first-order chi connectivity index (χ1) is 21.0. The van der Waals surface area contributed by atoms with Gasteiger partial charge in [-0.1, -0.05) is 35.7 Å². The fourth-order valence-corrected chi connectivity index (χ4v) is 6.96. The van der Waals surface area contributed by atoms with Gasteiger partial charge in [-0.3, -0.25) is 24.1 Å². The van der Waals surface area contributed by atoms with Crippen LogP contribution in [0.2, 0.25) is 0 Å². The smallest absolute Gasteiger partial charge is 0.353 e. The van der Waals surface area contributed by atoms with E-state index in [1.807, 2.05) is 0 Å². The van der Waals surface area contributed by atoms with E-state index in [0.717, 1.165) is 11.0 Å². The van der Waals surface area contributed by atoms with Crippen molar-refractivity contribution in [1.82, 2.24) is 35.9 Å². The highest BCUT2D eigenvalue weighted by Gasteiger charge is 2.55. The van der Waals surface area contributed by atoms with Gasteiger partial charge < -0.3 is 26.8 Å². The van der Waals surface area contributed by atoms with Gasteiger partial charge in [0.1, 0.15) is 33.7 Å². The van der Waals surface area contributed by atoms with E-state index in [0.29, 0.717) is 10.0 Å². The van der Waals surface area contributed by atoms with Crippen molar-refractivity contribution in [2.75, 3.05) is 11.1 Å². The number of thioether (sulfide) groups is 1. The van der Waals surface area contributed by atoms with Gasteiger partial charge in [0.25, 0.3) is 17.4 Å². The average molecular weight is 656 g/mol. The molecule has 5 amide bonds. The number of amides is 5. The van der Waals surface area contributed by atoms with Crippen molar-refractivity contribution in [1.29, 1.82) is 0 Å². The number of aromatic nitrogens is 4. The lowest BCUT2D eigenvalue weighted by Crippen LogP contribution is -2.71. The van der Waals surface area contributed by atoms with Crippen LogP contribution in [0.3, 0.4) is 0 Å². The zero-order valence-corrected chi connectivity index (χ0v) is 24.8. The number of nitrogens with two attached hydrogens (primary N) is 1. The lowest BCUT2D eigenvalue weighted by atomic mass is 9.99.